The fourth-order valence-corrected chi connectivity index (χ4v) is 2.37. The van der Waals surface area contributed by atoms with Gasteiger partial charge < -0.3 is 14.2 Å². The molecule has 0 atom stereocenters. The van der Waals surface area contributed by atoms with Crippen molar-refractivity contribution in [3.8, 4) is 0 Å². The molecule has 0 spiro atoms. The number of hydrogen-bond donors (Lipinski definition) is 0. The van der Waals surface area contributed by atoms with Crippen LogP contribution in [0.1, 0.15) is 44.2 Å². The van der Waals surface area contributed by atoms with Crippen molar-refractivity contribution >= 4 is 0 Å². The van der Waals surface area contributed by atoms with Crippen molar-refractivity contribution in [2.45, 2.75) is 58.5 Å². The van der Waals surface area contributed by atoms with Gasteiger partial charge in [0.25, 0.3) is 0 Å². The molecule has 0 unspecified atom stereocenters. The number of aryl methyl sites for hydroxylation is 1. The largest absolute Gasteiger partial charge is 0.365 e. The Balaban J connectivity index is 1.91. The van der Waals surface area contributed by atoms with Crippen LogP contribution >= 0.6 is 0 Å². The van der Waals surface area contributed by atoms with Crippen molar-refractivity contribution in [3.63, 3.8) is 0 Å². The maximum Gasteiger partial charge on any atom is 0.157 e. The van der Waals surface area contributed by atoms with Crippen LogP contribution in [0.15, 0.2) is 24.3 Å². The third kappa shape index (κ3) is 3.81. The molecule has 1 heterocycles. The standard InChI is InChI=1S/C17H26O3/c1-4-8-16-18-12-17(5-2,13-19-16)20-11-15-10-7-6-9-14(15)3/h6-7,9-10,16H,4-5,8,11-13H2,1-3H3. The molecule has 1 aromatic carbocycles. The molecule has 20 heavy (non-hydrogen) atoms. The van der Waals surface area contributed by atoms with E-state index in [9.17, 15) is 0 Å². The van der Waals surface area contributed by atoms with Gasteiger partial charge in [-0.05, 0) is 30.9 Å². The Morgan fingerprint density at radius 3 is 2.50 bits per heavy atom. The Hall–Kier alpha value is -0.900. The van der Waals surface area contributed by atoms with Crippen LogP contribution in [-0.4, -0.2) is 25.1 Å². The average Bonchev–Trinajstić information content (AvgIpc) is 2.49. The van der Waals surface area contributed by atoms with Gasteiger partial charge in [-0.2, -0.15) is 0 Å². The molecule has 2 rings (SSSR count). The summed E-state index contributed by atoms with van der Waals surface area (Å²) in [6.07, 6.45) is 2.88. The summed E-state index contributed by atoms with van der Waals surface area (Å²) >= 11 is 0. The van der Waals surface area contributed by atoms with Gasteiger partial charge in [0.05, 0.1) is 19.8 Å². The van der Waals surface area contributed by atoms with Crippen LogP contribution in [0.4, 0.5) is 0 Å². The molecule has 0 amide bonds. The zero-order chi connectivity index (χ0) is 14.4. The van der Waals surface area contributed by atoms with E-state index in [0.717, 1.165) is 19.3 Å². The zero-order valence-corrected chi connectivity index (χ0v) is 12.9. The Bertz CT molecular complexity index is 408. The number of benzene rings is 1. The number of ether oxygens (including phenoxy) is 3. The quantitative estimate of drug-likeness (QED) is 0.791. The fourth-order valence-electron chi connectivity index (χ4n) is 2.37. The molecule has 0 aliphatic carbocycles. The molecular weight excluding hydrogens is 252 g/mol. The summed E-state index contributed by atoms with van der Waals surface area (Å²) in [7, 11) is 0. The first-order chi connectivity index (χ1) is 9.69. The molecule has 0 radical (unpaired) electrons. The van der Waals surface area contributed by atoms with Gasteiger partial charge in [-0.15, -0.1) is 0 Å². The second-order valence-corrected chi connectivity index (χ2v) is 5.59. The molecule has 1 saturated heterocycles. The molecule has 0 N–H and O–H groups in total. The van der Waals surface area contributed by atoms with E-state index < -0.39 is 0 Å². The Labute approximate surface area is 122 Å². The van der Waals surface area contributed by atoms with E-state index in [1.807, 2.05) is 0 Å². The Morgan fingerprint density at radius 2 is 1.90 bits per heavy atom. The highest BCUT2D eigenvalue weighted by Gasteiger charge is 2.36. The molecule has 1 aromatic rings. The predicted molar refractivity (Wildman–Crippen MR) is 79.6 cm³/mol. The van der Waals surface area contributed by atoms with E-state index in [0.29, 0.717) is 19.8 Å². The van der Waals surface area contributed by atoms with Crippen LogP contribution in [0.3, 0.4) is 0 Å². The first-order valence-electron chi connectivity index (χ1n) is 7.61. The molecule has 112 valence electrons. The van der Waals surface area contributed by atoms with Crippen molar-refractivity contribution in [1.82, 2.24) is 0 Å². The topological polar surface area (TPSA) is 27.7 Å². The van der Waals surface area contributed by atoms with Crippen LogP contribution in [0.5, 0.6) is 0 Å². The molecule has 1 aliphatic rings. The van der Waals surface area contributed by atoms with Gasteiger partial charge in [0, 0.05) is 0 Å². The Kier molecular flexibility index (Phi) is 5.58. The Morgan fingerprint density at radius 1 is 1.20 bits per heavy atom. The first kappa shape index (κ1) is 15.5. The first-order valence-corrected chi connectivity index (χ1v) is 7.61. The van der Waals surface area contributed by atoms with Gasteiger partial charge >= 0.3 is 0 Å². The van der Waals surface area contributed by atoms with Crippen LogP contribution in [0.2, 0.25) is 0 Å². The van der Waals surface area contributed by atoms with Gasteiger partial charge in [-0.1, -0.05) is 44.5 Å². The van der Waals surface area contributed by atoms with E-state index in [1.165, 1.54) is 11.1 Å². The van der Waals surface area contributed by atoms with Crippen LogP contribution in [-0.2, 0) is 20.8 Å². The minimum absolute atomic E-state index is 0.0539. The lowest BCUT2D eigenvalue weighted by atomic mass is 10.0. The van der Waals surface area contributed by atoms with Gasteiger partial charge in [-0.3, -0.25) is 0 Å². The van der Waals surface area contributed by atoms with Crippen LogP contribution < -0.4 is 0 Å². The second kappa shape index (κ2) is 7.21. The van der Waals surface area contributed by atoms with E-state index in [-0.39, 0.29) is 11.9 Å². The molecule has 1 aliphatic heterocycles. The summed E-state index contributed by atoms with van der Waals surface area (Å²) in [6, 6.07) is 8.33. The molecule has 1 fully saturated rings. The smallest absolute Gasteiger partial charge is 0.157 e. The monoisotopic (exact) mass is 278 g/mol. The third-order valence-electron chi connectivity index (χ3n) is 4.03. The van der Waals surface area contributed by atoms with Crippen LogP contribution in [0, 0.1) is 6.92 Å². The van der Waals surface area contributed by atoms with Gasteiger partial charge in [-0.25, -0.2) is 0 Å². The van der Waals surface area contributed by atoms with E-state index in [1.54, 1.807) is 0 Å². The fraction of sp³-hybridized carbons (Fsp3) is 0.647. The van der Waals surface area contributed by atoms with E-state index in [2.05, 4.69) is 45.0 Å². The predicted octanol–water partition coefficient (Wildman–Crippen LogP) is 3.83. The number of rotatable bonds is 6. The van der Waals surface area contributed by atoms with Crippen molar-refractivity contribution in [2.24, 2.45) is 0 Å². The summed E-state index contributed by atoms with van der Waals surface area (Å²) < 4.78 is 17.8. The SMILES string of the molecule is CCCC1OCC(CC)(OCc2ccccc2C)CO1. The highest BCUT2D eigenvalue weighted by Crippen LogP contribution is 2.26. The molecule has 0 aromatic heterocycles. The molecule has 0 bridgehead atoms. The summed E-state index contributed by atoms with van der Waals surface area (Å²) in [5.74, 6) is 0. The lowest BCUT2D eigenvalue weighted by Gasteiger charge is -2.39. The minimum atomic E-state index is -0.299. The zero-order valence-electron chi connectivity index (χ0n) is 12.9. The summed E-state index contributed by atoms with van der Waals surface area (Å²) in [4.78, 5) is 0. The van der Waals surface area contributed by atoms with Crippen molar-refractivity contribution in [2.75, 3.05) is 13.2 Å². The van der Waals surface area contributed by atoms with Crippen molar-refractivity contribution in [1.29, 1.82) is 0 Å². The maximum atomic E-state index is 6.16. The van der Waals surface area contributed by atoms with E-state index in [4.69, 9.17) is 14.2 Å². The highest BCUT2D eigenvalue weighted by atomic mass is 16.7. The molecule has 3 heteroatoms. The highest BCUT2D eigenvalue weighted by molar-refractivity contribution is 5.24. The minimum Gasteiger partial charge on any atom is -0.365 e. The van der Waals surface area contributed by atoms with Gasteiger partial charge in [0.2, 0.25) is 0 Å². The summed E-state index contributed by atoms with van der Waals surface area (Å²) in [6.45, 7) is 8.25. The van der Waals surface area contributed by atoms with E-state index >= 15 is 0 Å². The lowest BCUT2D eigenvalue weighted by molar-refractivity contribution is -0.270. The molecular formula is C17H26O3. The molecule has 3 nitrogen and oxygen atoms in total. The average molecular weight is 278 g/mol. The maximum absolute atomic E-state index is 6.16. The third-order valence-corrected chi connectivity index (χ3v) is 4.03. The van der Waals surface area contributed by atoms with Crippen molar-refractivity contribution < 1.29 is 14.2 Å². The number of hydrogen-bond acceptors (Lipinski definition) is 3. The van der Waals surface area contributed by atoms with Crippen LogP contribution in [0.25, 0.3) is 0 Å². The second-order valence-electron chi connectivity index (χ2n) is 5.59. The summed E-state index contributed by atoms with van der Waals surface area (Å²) in [5, 5.41) is 0. The van der Waals surface area contributed by atoms with Crippen molar-refractivity contribution in [3.05, 3.63) is 35.4 Å². The normalized spacial score (nSPS) is 26.6. The van der Waals surface area contributed by atoms with Gasteiger partial charge in [0.15, 0.2) is 6.29 Å². The van der Waals surface area contributed by atoms with Gasteiger partial charge in [0.1, 0.15) is 5.60 Å². The lowest BCUT2D eigenvalue weighted by Crippen LogP contribution is -2.48. The summed E-state index contributed by atoms with van der Waals surface area (Å²) in [5.41, 5.74) is 2.20. The molecule has 0 saturated carbocycles.